The summed E-state index contributed by atoms with van der Waals surface area (Å²) in [6.45, 7) is 0.744. The second-order valence-corrected chi connectivity index (χ2v) is 5.66. The van der Waals surface area contributed by atoms with Crippen LogP contribution in [0.1, 0.15) is 16.8 Å². The molecule has 0 aliphatic carbocycles. The van der Waals surface area contributed by atoms with Crippen molar-refractivity contribution in [3.05, 3.63) is 29.3 Å². The standard InChI is InChI=1S/C13H13N3O3S/c17-12(16-4-3-8(7-16)13(18)19)9-6-14-15-11(9)10-2-1-5-20-10/h1-2,5-6,8H,3-4,7H2,(H,14,15)(H,18,19)/t8-/m1/s1. The summed E-state index contributed by atoms with van der Waals surface area (Å²) in [7, 11) is 0. The summed E-state index contributed by atoms with van der Waals surface area (Å²) < 4.78 is 0. The highest BCUT2D eigenvalue weighted by atomic mass is 32.1. The summed E-state index contributed by atoms with van der Waals surface area (Å²) in [6.07, 6.45) is 2.01. The number of nitrogens with zero attached hydrogens (tertiary/aromatic N) is 2. The number of thiophene rings is 1. The zero-order valence-corrected chi connectivity index (χ0v) is 11.4. The second-order valence-electron chi connectivity index (χ2n) is 4.71. The predicted molar refractivity (Wildman–Crippen MR) is 73.5 cm³/mol. The minimum atomic E-state index is -0.842. The van der Waals surface area contributed by atoms with Crippen LogP contribution in [0.25, 0.3) is 10.6 Å². The molecule has 0 radical (unpaired) electrons. The lowest BCUT2D eigenvalue weighted by Gasteiger charge is -2.15. The summed E-state index contributed by atoms with van der Waals surface area (Å²) in [5.74, 6) is -1.46. The molecular formula is C13H13N3O3S. The van der Waals surface area contributed by atoms with Gasteiger partial charge in [0.2, 0.25) is 0 Å². The van der Waals surface area contributed by atoms with Crippen LogP contribution in [-0.2, 0) is 4.79 Å². The monoisotopic (exact) mass is 291 g/mol. The predicted octanol–water partition coefficient (Wildman–Crippen LogP) is 1.68. The largest absolute Gasteiger partial charge is 0.481 e. The molecule has 0 saturated carbocycles. The van der Waals surface area contributed by atoms with Crippen LogP contribution in [0.2, 0.25) is 0 Å². The third-order valence-corrected chi connectivity index (χ3v) is 4.35. The van der Waals surface area contributed by atoms with Gasteiger partial charge in [0.25, 0.3) is 5.91 Å². The highest BCUT2D eigenvalue weighted by Gasteiger charge is 2.32. The number of aliphatic carboxylic acids is 1. The van der Waals surface area contributed by atoms with Crippen molar-refractivity contribution in [1.29, 1.82) is 0 Å². The first kappa shape index (κ1) is 12.9. The van der Waals surface area contributed by atoms with Gasteiger partial charge in [-0.15, -0.1) is 11.3 Å². The normalized spacial score (nSPS) is 18.4. The maximum atomic E-state index is 12.5. The van der Waals surface area contributed by atoms with Gasteiger partial charge in [-0.1, -0.05) is 6.07 Å². The van der Waals surface area contributed by atoms with Gasteiger partial charge in [0.05, 0.1) is 28.2 Å². The average Bonchev–Trinajstić information content (AvgIpc) is 3.17. The fourth-order valence-electron chi connectivity index (χ4n) is 2.37. The second kappa shape index (κ2) is 5.09. The van der Waals surface area contributed by atoms with Crippen LogP contribution in [0.5, 0.6) is 0 Å². The number of carbonyl (C=O) groups excluding carboxylic acids is 1. The van der Waals surface area contributed by atoms with E-state index in [0.29, 0.717) is 24.2 Å². The highest BCUT2D eigenvalue weighted by molar-refractivity contribution is 7.13. The molecule has 1 atom stereocenters. The van der Waals surface area contributed by atoms with Crippen molar-refractivity contribution >= 4 is 23.2 Å². The molecule has 1 aliphatic heterocycles. The van der Waals surface area contributed by atoms with Crippen molar-refractivity contribution in [2.75, 3.05) is 13.1 Å². The van der Waals surface area contributed by atoms with Crippen molar-refractivity contribution in [3.8, 4) is 10.6 Å². The molecule has 1 saturated heterocycles. The fourth-order valence-corrected chi connectivity index (χ4v) is 3.11. The van der Waals surface area contributed by atoms with Gasteiger partial charge in [-0.05, 0) is 17.9 Å². The van der Waals surface area contributed by atoms with Gasteiger partial charge >= 0.3 is 5.97 Å². The maximum absolute atomic E-state index is 12.5. The fraction of sp³-hybridized carbons (Fsp3) is 0.308. The van der Waals surface area contributed by atoms with Crippen LogP contribution >= 0.6 is 11.3 Å². The molecule has 20 heavy (non-hydrogen) atoms. The Hall–Kier alpha value is -2.15. The third-order valence-electron chi connectivity index (χ3n) is 3.46. The van der Waals surface area contributed by atoms with E-state index in [2.05, 4.69) is 10.2 Å². The maximum Gasteiger partial charge on any atom is 0.308 e. The Kier molecular flexibility index (Phi) is 3.27. The van der Waals surface area contributed by atoms with E-state index >= 15 is 0 Å². The molecule has 0 bridgehead atoms. The van der Waals surface area contributed by atoms with E-state index in [1.165, 1.54) is 17.5 Å². The summed E-state index contributed by atoms with van der Waals surface area (Å²) >= 11 is 1.52. The van der Waals surface area contributed by atoms with E-state index in [4.69, 9.17) is 5.11 Å². The molecule has 6 nitrogen and oxygen atoms in total. The summed E-state index contributed by atoms with van der Waals surface area (Å²) in [5.41, 5.74) is 1.20. The molecule has 0 aromatic carbocycles. The number of aromatic nitrogens is 2. The Balaban J connectivity index is 1.82. The molecule has 2 aromatic rings. The van der Waals surface area contributed by atoms with Crippen molar-refractivity contribution < 1.29 is 14.7 Å². The molecule has 2 N–H and O–H groups in total. The Morgan fingerprint density at radius 3 is 3.00 bits per heavy atom. The number of hydrogen-bond acceptors (Lipinski definition) is 4. The number of H-pyrrole nitrogens is 1. The first-order valence-corrected chi connectivity index (χ1v) is 7.14. The number of hydrogen-bond donors (Lipinski definition) is 2. The first-order valence-electron chi connectivity index (χ1n) is 6.26. The van der Waals surface area contributed by atoms with Crippen LogP contribution in [0.15, 0.2) is 23.7 Å². The van der Waals surface area contributed by atoms with Crippen molar-refractivity contribution in [2.45, 2.75) is 6.42 Å². The van der Waals surface area contributed by atoms with E-state index in [0.717, 1.165) is 4.88 Å². The van der Waals surface area contributed by atoms with Crippen LogP contribution in [0.3, 0.4) is 0 Å². The Morgan fingerprint density at radius 1 is 1.50 bits per heavy atom. The number of likely N-dealkylation sites (tertiary alicyclic amines) is 1. The smallest absolute Gasteiger partial charge is 0.308 e. The molecular weight excluding hydrogens is 278 g/mol. The van der Waals surface area contributed by atoms with Gasteiger partial charge in [0, 0.05) is 13.1 Å². The van der Waals surface area contributed by atoms with Gasteiger partial charge in [0.1, 0.15) is 0 Å². The number of amides is 1. The lowest BCUT2D eigenvalue weighted by Crippen LogP contribution is -2.30. The Labute approximate surface area is 119 Å². The van der Waals surface area contributed by atoms with Gasteiger partial charge in [-0.25, -0.2) is 0 Å². The minimum Gasteiger partial charge on any atom is -0.481 e. The summed E-state index contributed by atoms with van der Waals surface area (Å²) in [4.78, 5) is 26.0. The number of nitrogens with one attached hydrogen (secondary N) is 1. The Morgan fingerprint density at radius 2 is 2.35 bits per heavy atom. The van der Waals surface area contributed by atoms with E-state index in [1.807, 2.05) is 17.5 Å². The number of carboxylic acids is 1. The van der Waals surface area contributed by atoms with Gasteiger partial charge < -0.3 is 10.0 Å². The van der Waals surface area contributed by atoms with Crippen LogP contribution in [0.4, 0.5) is 0 Å². The minimum absolute atomic E-state index is 0.161. The van der Waals surface area contributed by atoms with Crippen molar-refractivity contribution in [2.24, 2.45) is 5.92 Å². The first-order chi connectivity index (χ1) is 9.66. The molecule has 7 heteroatoms. The quantitative estimate of drug-likeness (QED) is 0.901. The molecule has 2 aromatic heterocycles. The lowest BCUT2D eigenvalue weighted by molar-refractivity contribution is -0.141. The van der Waals surface area contributed by atoms with E-state index in [-0.39, 0.29) is 12.5 Å². The topological polar surface area (TPSA) is 86.3 Å². The van der Waals surface area contributed by atoms with E-state index < -0.39 is 11.9 Å². The van der Waals surface area contributed by atoms with Gasteiger partial charge in [-0.2, -0.15) is 5.10 Å². The lowest BCUT2D eigenvalue weighted by atomic mass is 10.1. The third kappa shape index (κ3) is 2.20. The molecule has 0 unspecified atom stereocenters. The van der Waals surface area contributed by atoms with Gasteiger partial charge in [-0.3, -0.25) is 14.7 Å². The van der Waals surface area contributed by atoms with Crippen molar-refractivity contribution in [1.82, 2.24) is 15.1 Å². The van der Waals surface area contributed by atoms with Crippen LogP contribution in [0, 0.1) is 5.92 Å². The SMILES string of the molecule is O=C(O)[C@@H]1CCN(C(=O)c2cn[nH]c2-c2cccs2)C1. The van der Waals surface area contributed by atoms with E-state index in [1.54, 1.807) is 4.90 Å². The zero-order valence-electron chi connectivity index (χ0n) is 10.6. The number of rotatable bonds is 3. The van der Waals surface area contributed by atoms with Gasteiger partial charge in [0.15, 0.2) is 0 Å². The number of carbonyl (C=O) groups is 2. The summed E-state index contributed by atoms with van der Waals surface area (Å²) in [6, 6.07) is 3.82. The average molecular weight is 291 g/mol. The molecule has 3 heterocycles. The van der Waals surface area contributed by atoms with Crippen molar-refractivity contribution in [3.63, 3.8) is 0 Å². The molecule has 1 amide bonds. The molecule has 1 aliphatic rings. The highest BCUT2D eigenvalue weighted by Crippen LogP contribution is 2.28. The number of aromatic amines is 1. The molecule has 3 rings (SSSR count). The Bertz CT molecular complexity index is 635. The van der Waals surface area contributed by atoms with Crippen LogP contribution < -0.4 is 0 Å². The molecule has 104 valence electrons. The van der Waals surface area contributed by atoms with E-state index in [9.17, 15) is 9.59 Å². The van der Waals surface area contributed by atoms with Crippen LogP contribution in [-0.4, -0.2) is 45.2 Å². The zero-order chi connectivity index (χ0) is 14.1. The molecule has 1 fully saturated rings. The summed E-state index contributed by atoms with van der Waals surface area (Å²) in [5, 5.41) is 17.7. The number of carboxylic acid groups (broad SMARTS) is 1. The molecule has 0 spiro atoms.